The largest absolute Gasteiger partial charge is 0.339 e. The molecule has 2 rings (SSSR count). The van der Waals surface area contributed by atoms with Crippen molar-refractivity contribution < 1.29 is 13.2 Å². The van der Waals surface area contributed by atoms with E-state index in [1.54, 1.807) is 17.0 Å². The van der Waals surface area contributed by atoms with Gasteiger partial charge in [0.05, 0.1) is 4.90 Å². The quantitative estimate of drug-likeness (QED) is 0.807. The third kappa shape index (κ3) is 4.94. The summed E-state index contributed by atoms with van der Waals surface area (Å²) in [5, 5.41) is 3.15. The first-order valence-corrected chi connectivity index (χ1v) is 9.94. The van der Waals surface area contributed by atoms with E-state index in [0.29, 0.717) is 31.7 Å². The van der Waals surface area contributed by atoms with Crippen LogP contribution in [0.1, 0.15) is 37.0 Å². The first kappa shape index (κ1) is 21.9. The second-order valence-corrected chi connectivity index (χ2v) is 7.93. The van der Waals surface area contributed by atoms with Gasteiger partial charge in [0.1, 0.15) is 0 Å². The van der Waals surface area contributed by atoms with E-state index in [1.807, 2.05) is 20.9 Å². The van der Waals surface area contributed by atoms with Crippen molar-refractivity contribution in [3.8, 4) is 0 Å². The van der Waals surface area contributed by atoms with Crippen LogP contribution in [0.15, 0.2) is 29.2 Å². The van der Waals surface area contributed by atoms with Gasteiger partial charge in [-0.1, -0.05) is 0 Å². The number of halogens is 1. The van der Waals surface area contributed by atoms with Gasteiger partial charge in [0.2, 0.25) is 10.0 Å². The number of hydrogen-bond acceptors (Lipinski definition) is 4. The zero-order valence-electron chi connectivity index (χ0n) is 15.1. The Kier molecular flexibility index (Phi) is 8.34. The summed E-state index contributed by atoms with van der Waals surface area (Å²) < 4.78 is 27.1. The fourth-order valence-electron chi connectivity index (χ4n) is 3.01. The maximum Gasteiger partial charge on any atom is 0.253 e. The van der Waals surface area contributed by atoms with E-state index in [-0.39, 0.29) is 29.3 Å². The minimum absolute atomic E-state index is 0. The number of piperidine rings is 1. The highest BCUT2D eigenvalue weighted by Gasteiger charge is 2.29. The molecule has 0 saturated carbocycles. The third-order valence-electron chi connectivity index (χ3n) is 4.58. The lowest BCUT2D eigenvalue weighted by atomic mass is 10.1. The first-order valence-electron chi connectivity index (χ1n) is 8.50. The van der Waals surface area contributed by atoms with E-state index < -0.39 is 10.0 Å². The summed E-state index contributed by atoms with van der Waals surface area (Å²) in [7, 11) is -1.65. The van der Waals surface area contributed by atoms with E-state index in [2.05, 4.69) is 5.32 Å². The summed E-state index contributed by atoms with van der Waals surface area (Å²) in [5.41, 5.74) is 0.518. The monoisotopic (exact) mass is 389 g/mol. The number of hydrogen-bond donors (Lipinski definition) is 1. The molecule has 0 spiro atoms. The number of rotatable bonds is 6. The lowest BCUT2D eigenvalue weighted by molar-refractivity contribution is 0.0773. The molecule has 1 fully saturated rings. The molecule has 8 heteroatoms. The molecule has 1 aliphatic rings. The average molecular weight is 390 g/mol. The second-order valence-electron chi connectivity index (χ2n) is 5.99. The van der Waals surface area contributed by atoms with Crippen LogP contribution in [0.25, 0.3) is 0 Å². The predicted octanol–water partition coefficient (Wildman–Crippen LogP) is 1.96. The minimum atomic E-state index is -3.51. The van der Waals surface area contributed by atoms with Gasteiger partial charge in [0.15, 0.2) is 0 Å². The Hall–Kier alpha value is -1.15. The van der Waals surface area contributed by atoms with E-state index in [4.69, 9.17) is 0 Å². The zero-order chi connectivity index (χ0) is 17.7. The summed E-state index contributed by atoms with van der Waals surface area (Å²) in [6.07, 6.45) is 1.84. The van der Waals surface area contributed by atoms with Crippen molar-refractivity contribution in [1.29, 1.82) is 0 Å². The van der Waals surface area contributed by atoms with Crippen molar-refractivity contribution in [1.82, 2.24) is 14.5 Å². The van der Waals surface area contributed by atoms with Gasteiger partial charge in [-0.15, -0.1) is 12.4 Å². The van der Waals surface area contributed by atoms with Crippen molar-refractivity contribution in [2.75, 3.05) is 33.2 Å². The van der Waals surface area contributed by atoms with Gasteiger partial charge >= 0.3 is 0 Å². The van der Waals surface area contributed by atoms with Crippen molar-refractivity contribution in [3.05, 3.63) is 29.8 Å². The normalized spacial score (nSPS) is 18.4. The van der Waals surface area contributed by atoms with Crippen molar-refractivity contribution in [2.24, 2.45) is 0 Å². The molecule has 1 unspecified atom stereocenters. The van der Waals surface area contributed by atoms with Gasteiger partial charge in [0, 0.05) is 37.8 Å². The Morgan fingerprint density at radius 1 is 1.24 bits per heavy atom. The highest BCUT2D eigenvalue weighted by atomic mass is 35.5. The van der Waals surface area contributed by atoms with Crippen LogP contribution in [0.5, 0.6) is 0 Å². The number of sulfonamides is 1. The number of carbonyl (C=O) groups is 1. The average Bonchev–Trinajstić information content (AvgIpc) is 2.62. The lowest BCUT2D eigenvalue weighted by Gasteiger charge is -2.31. The van der Waals surface area contributed by atoms with Crippen LogP contribution in [0, 0.1) is 0 Å². The molecule has 1 saturated heterocycles. The molecule has 1 heterocycles. The van der Waals surface area contributed by atoms with Crippen LogP contribution in [0.3, 0.4) is 0 Å². The maximum absolute atomic E-state index is 12.8. The Bertz CT molecular complexity index is 660. The number of nitrogens with zero attached hydrogens (tertiary/aromatic N) is 2. The number of likely N-dealkylation sites (N-methyl/N-ethyl adjacent to an activating group) is 1. The Balaban J connectivity index is 0.00000312. The molecule has 1 aliphatic heterocycles. The number of carbonyl (C=O) groups excluding carboxylic acids is 1. The smallest absolute Gasteiger partial charge is 0.253 e. The predicted molar refractivity (Wildman–Crippen MR) is 102 cm³/mol. The summed E-state index contributed by atoms with van der Waals surface area (Å²) in [4.78, 5) is 14.3. The molecule has 0 aromatic heterocycles. The second kappa shape index (κ2) is 9.52. The van der Waals surface area contributed by atoms with Gasteiger partial charge in [-0.25, -0.2) is 8.42 Å². The van der Waals surface area contributed by atoms with Crippen LogP contribution in [0.4, 0.5) is 0 Å². The highest BCUT2D eigenvalue weighted by Crippen LogP contribution is 2.21. The number of amides is 1. The maximum atomic E-state index is 12.8. The minimum Gasteiger partial charge on any atom is -0.339 e. The molecular weight excluding hydrogens is 362 g/mol. The Labute approximate surface area is 157 Å². The Morgan fingerprint density at radius 3 is 2.36 bits per heavy atom. The molecule has 6 nitrogen and oxygen atoms in total. The van der Waals surface area contributed by atoms with Gasteiger partial charge in [-0.3, -0.25) is 4.79 Å². The summed E-state index contributed by atoms with van der Waals surface area (Å²) >= 11 is 0. The molecule has 1 N–H and O–H groups in total. The molecular formula is C17H28ClN3O3S. The van der Waals surface area contributed by atoms with Gasteiger partial charge in [-0.2, -0.15) is 4.31 Å². The van der Waals surface area contributed by atoms with E-state index in [0.717, 1.165) is 12.8 Å². The zero-order valence-corrected chi connectivity index (χ0v) is 16.7. The molecule has 1 aromatic rings. The SMILES string of the molecule is CCN(CC)C(=O)c1ccc(S(=O)(=O)N2CCCC(NC)C2)cc1.Cl. The molecule has 1 amide bonds. The van der Waals surface area contributed by atoms with Gasteiger partial charge in [0.25, 0.3) is 5.91 Å². The van der Waals surface area contributed by atoms with E-state index >= 15 is 0 Å². The van der Waals surface area contributed by atoms with Crippen LogP contribution in [-0.4, -0.2) is 62.8 Å². The van der Waals surface area contributed by atoms with Crippen LogP contribution in [-0.2, 0) is 10.0 Å². The van der Waals surface area contributed by atoms with Crippen molar-refractivity contribution >= 4 is 28.3 Å². The fraction of sp³-hybridized carbons (Fsp3) is 0.588. The van der Waals surface area contributed by atoms with Crippen molar-refractivity contribution in [2.45, 2.75) is 37.6 Å². The fourth-order valence-corrected chi connectivity index (χ4v) is 4.53. The van der Waals surface area contributed by atoms with Crippen LogP contribution in [0.2, 0.25) is 0 Å². The summed E-state index contributed by atoms with van der Waals surface area (Å²) in [6, 6.07) is 6.47. The molecule has 1 atom stereocenters. The molecule has 1 aromatic carbocycles. The van der Waals surface area contributed by atoms with Crippen LogP contribution < -0.4 is 5.32 Å². The van der Waals surface area contributed by atoms with Gasteiger partial charge < -0.3 is 10.2 Å². The first-order chi connectivity index (χ1) is 11.4. The Morgan fingerprint density at radius 2 is 1.84 bits per heavy atom. The highest BCUT2D eigenvalue weighted by molar-refractivity contribution is 7.89. The number of benzene rings is 1. The molecule has 25 heavy (non-hydrogen) atoms. The van der Waals surface area contributed by atoms with E-state index in [1.165, 1.54) is 16.4 Å². The topological polar surface area (TPSA) is 69.7 Å². The van der Waals surface area contributed by atoms with Crippen molar-refractivity contribution in [3.63, 3.8) is 0 Å². The van der Waals surface area contributed by atoms with Crippen LogP contribution >= 0.6 is 12.4 Å². The summed E-state index contributed by atoms with van der Waals surface area (Å²) in [6.45, 7) is 6.15. The molecule has 0 aliphatic carbocycles. The molecule has 142 valence electrons. The molecule has 0 bridgehead atoms. The van der Waals surface area contributed by atoms with Gasteiger partial charge in [-0.05, 0) is 58.0 Å². The third-order valence-corrected chi connectivity index (χ3v) is 6.46. The molecule has 0 radical (unpaired) electrons. The standard InChI is InChI=1S/C17H27N3O3S.ClH/c1-4-19(5-2)17(21)14-8-10-16(11-9-14)24(22,23)20-12-6-7-15(13-20)18-3;/h8-11,15,18H,4-7,12-13H2,1-3H3;1H. The number of nitrogens with one attached hydrogen (secondary N) is 1. The van der Waals surface area contributed by atoms with E-state index in [9.17, 15) is 13.2 Å². The lowest BCUT2D eigenvalue weighted by Crippen LogP contribution is -2.46. The summed E-state index contributed by atoms with van der Waals surface area (Å²) in [5.74, 6) is -0.0721.